The Balaban J connectivity index is 1.45. The summed E-state index contributed by atoms with van der Waals surface area (Å²) in [5.74, 6) is 1.01. The molecule has 1 unspecified atom stereocenters. The normalized spacial score (nSPS) is 15.3. The van der Waals surface area contributed by atoms with Crippen molar-refractivity contribution in [1.82, 2.24) is 10.3 Å². The summed E-state index contributed by atoms with van der Waals surface area (Å²) < 4.78 is 11.5. The molecule has 2 heterocycles. The quantitative estimate of drug-likeness (QED) is 0.453. The molecule has 3 aromatic rings. The van der Waals surface area contributed by atoms with Crippen molar-refractivity contribution in [3.05, 3.63) is 76.5 Å². The minimum Gasteiger partial charge on any atom is -0.489 e. The van der Waals surface area contributed by atoms with Crippen LogP contribution in [-0.2, 0) is 17.8 Å². The van der Waals surface area contributed by atoms with E-state index in [9.17, 15) is 9.59 Å². The predicted molar refractivity (Wildman–Crippen MR) is 136 cm³/mol. The number of ether oxygens (including phenoxy) is 2. The Hall–Kier alpha value is -3.36. The molecule has 35 heavy (non-hydrogen) atoms. The molecule has 2 aromatic carbocycles. The van der Waals surface area contributed by atoms with E-state index in [0.717, 1.165) is 56.6 Å². The molecule has 0 saturated carbocycles. The fraction of sp³-hybridized carbons (Fsp3) is 0.296. The first-order chi connectivity index (χ1) is 16.9. The van der Waals surface area contributed by atoms with Crippen molar-refractivity contribution in [2.24, 2.45) is 0 Å². The molecule has 2 amide bonds. The van der Waals surface area contributed by atoms with E-state index in [2.05, 4.69) is 29.4 Å². The molecule has 1 aliphatic heterocycles. The van der Waals surface area contributed by atoms with Crippen molar-refractivity contribution in [2.75, 3.05) is 13.2 Å². The number of imide groups is 1. The van der Waals surface area contributed by atoms with Crippen molar-refractivity contribution in [1.29, 1.82) is 0 Å². The lowest BCUT2D eigenvalue weighted by molar-refractivity contribution is -0.118. The van der Waals surface area contributed by atoms with Gasteiger partial charge < -0.3 is 14.6 Å². The average molecular weight is 493 g/mol. The zero-order chi connectivity index (χ0) is 24.9. The van der Waals surface area contributed by atoms with Crippen LogP contribution in [0.25, 0.3) is 11.1 Å². The summed E-state index contributed by atoms with van der Waals surface area (Å²) in [6.45, 7) is 6.65. The first-order valence-electron chi connectivity index (χ1n) is 11.4. The SMILES string of the molecule is Cc1cc(OCCO)nc(C)c1-c1cccc(COc2ccc(CC3SC(=O)NC3=O)cc2)c1C. The monoisotopic (exact) mass is 492 g/mol. The molecule has 0 radical (unpaired) electrons. The standard InChI is InChI=1S/C27H28N2O5S/c1-16-13-24(33-12-11-30)28-18(3)25(16)22-6-4-5-20(17(22)2)15-34-21-9-7-19(8-10-21)14-23-26(31)29-27(32)35-23/h4-10,13,23,30H,11-12,14-15H2,1-3H3,(H,29,31,32). The van der Waals surface area contributed by atoms with Gasteiger partial charge in [-0.3, -0.25) is 14.9 Å². The zero-order valence-corrected chi connectivity index (χ0v) is 20.8. The van der Waals surface area contributed by atoms with Crippen molar-refractivity contribution in [3.63, 3.8) is 0 Å². The van der Waals surface area contributed by atoms with Crippen molar-refractivity contribution >= 4 is 22.9 Å². The van der Waals surface area contributed by atoms with Crippen LogP contribution in [0.2, 0.25) is 0 Å². The molecular weight excluding hydrogens is 464 g/mol. The van der Waals surface area contributed by atoms with Crippen LogP contribution >= 0.6 is 11.8 Å². The molecule has 1 aromatic heterocycles. The highest BCUT2D eigenvalue weighted by molar-refractivity contribution is 8.15. The van der Waals surface area contributed by atoms with E-state index in [1.54, 1.807) is 0 Å². The third kappa shape index (κ3) is 5.83. The van der Waals surface area contributed by atoms with Gasteiger partial charge in [-0.05, 0) is 67.1 Å². The molecule has 1 fully saturated rings. The molecule has 0 spiro atoms. The Morgan fingerprint density at radius 3 is 2.49 bits per heavy atom. The Morgan fingerprint density at radius 1 is 1.06 bits per heavy atom. The molecule has 1 saturated heterocycles. The number of rotatable bonds is 9. The number of nitrogens with zero attached hydrogens (tertiary/aromatic N) is 1. The smallest absolute Gasteiger partial charge is 0.286 e. The van der Waals surface area contributed by atoms with Gasteiger partial charge in [0.15, 0.2) is 0 Å². The molecule has 182 valence electrons. The first-order valence-corrected chi connectivity index (χ1v) is 12.3. The number of nitrogens with one attached hydrogen (secondary N) is 1. The average Bonchev–Trinajstić information content (AvgIpc) is 3.14. The highest BCUT2D eigenvalue weighted by Gasteiger charge is 2.31. The maximum atomic E-state index is 11.8. The van der Waals surface area contributed by atoms with Gasteiger partial charge in [-0.15, -0.1) is 0 Å². The highest BCUT2D eigenvalue weighted by atomic mass is 32.2. The van der Waals surface area contributed by atoms with Crippen LogP contribution in [0.5, 0.6) is 11.6 Å². The summed E-state index contributed by atoms with van der Waals surface area (Å²) in [7, 11) is 0. The van der Waals surface area contributed by atoms with Gasteiger partial charge in [-0.1, -0.05) is 42.1 Å². The molecule has 2 N–H and O–H groups in total. The Labute approximate surface area is 208 Å². The first kappa shape index (κ1) is 24.8. The molecular formula is C27H28N2O5S. The van der Waals surface area contributed by atoms with Gasteiger partial charge in [0.25, 0.3) is 5.24 Å². The minimum atomic E-state index is -0.378. The van der Waals surface area contributed by atoms with Gasteiger partial charge in [-0.2, -0.15) is 0 Å². The van der Waals surface area contributed by atoms with Gasteiger partial charge in [0.2, 0.25) is 11.8 Å². The number of aliphatic hydroxyl groups is 1. The van der Waals surface area contributed by atoms with E-state index in [0.29, 0.717) is 18.9 Å². The maximum absolute atomic E-state index is 11.8. The van der Waals surface area contributed by atoms with E-state index in [1.165, 1.54) is 0 Å². The lowest BCUT2D eigenvalue weighted by Crippen LogP contribution is -2.25. The van der Waals surface area contributed by atoms with E-state index in [-0.39, 0.29) is 29.6 Å². The minimum absolute atomic E-state index is 0.0524. The van der Waals surface area contributed by atoms with Crippen molar-refractivity contribution < 1.29 is 24.2 Å². The topological polar surface area (TPSA) is 97.8 Å². The lowest BCUT2D eigenvalue weighted by Gasteiger charge is -2.17. The van der Waals surface area contributed by atoms with Crippen LogP contribution in [-0.4, -0.2) is 39.7 Å². The number of hydrogen-bond acceptors (Lipinski definition) is 7. The number of aromatic nitrogens is 1. The molecule has 0 bridgehead atoms. The van der Waals surface area contributed by atoms with Gasteiger partial charge in [-0.25, -0.2) is 4.98 Å². The van der Waals surface area contributed by atoms with E-state index in [1.807, 2.05) is 50.2 Å². The second-order valence-electron chi connectivity index (χ2n) is 8.42. The number of amides is 2. The summed E-state index contributed by atoms with van der Waals surface area (Å²) in [4.78, 5) is 27.7. The van der Waals surface area contributed by atoms with Gasteiger partial charge in [0.1, 0.15) is 19.0 Å². The highest BCUT2D eigenvalue weighted by Crippen LogP contribution is 2.33. The number of aliphatic hydroxyl groups excluding tert-OH is 1. The molecule has 0 aliphatic carbocycles. The third-order valence-corrected chi connectivity index (χ3v) is 6.92. The molecule has 8 heteroatoms. The van der Waals surface area contributed by atoms with Crippen molar-refractivity contribution in [2.45, 2.75) is 39.0 Å². The predicted octanol–water partition coefficient (Wildman–Crippen LogP) is 4.52. The third-order valence-electron chi connectivity index (χ3n) is 5.94. The number of carbonyl (C=O) groups is 2. The van der Waals surface area contributed by atoms with Gasteiger partial charge >= 0.3 is 0 Å². The number of hydrogen-bond donors (Lipinski definition) is 2. The van der Waals surface area contributed by atoms with Gasteiger partial charge in [0.05, 0.1) is 11.9 Å². The summed E-state index contributed by atoms with van der Waals surface area (Å²) in [5, 5.41) is 10.6. The Kier molecular flexibility index (Phi) is 7.73. The Morgan fingerprint density at radius 2 is 1.83 bits per heavy atom. The Bertz CT molecular complexity index is 1220. The van der Waals surface area contributed by atoms with Crippen LogP contribution in [0.4, 0.5) is 4.79 Å². The zero-order valence-electron chi connectivity index (χ0n) is 20.0. The lowest BCUT2D eigenvalue weighted by atomic mass is 9.93. The van der Waals surface area contributed by atoms with Crippen LogP contribution < -0.4 is 14.8 Å². The van der Waals surface area contributed by atoms with Crippen LogP contribution in [0, 0.1) is 20.8 Å². The van der Waals surface area contributed by atoms with E-state index < -0.39 is 0 Å². The fourth-order valence-electron chi connectivity index (χ4n) is 4.16. The molecule has 7 nitrogen and oxygen atoms in total. The van der Waals surface area contributed by atoms with Crippen LogP contribution in [0.15, 0.2) is 48.5 Å². The van der Waals surface area contributed by atoms with E-state index in [4.69, 9.17) is 14.6 Å². The molecule has 1 aliphatic rings. The number of carbonyl (C=O) groups excluding carboxylic acids is 2. The van der Waals surface area contributed by atoms with E-state index >= 15 is 0 Å². The van der Waals surface area contributed by atoms with Crippen molar-refractivity contribution in [3.8, 4) is 22.8 Å². The number of aryl methyl sites for hydroxylation is 2. The molecule has 1 atom stereocenters. The number of benzene rings is 2. The number of pyridine rings is 1. The second kappa shape index (κ2) is 10.9. The summed E-state index contributed by atoms with van der Waals surface area (Å²) in [6.07, 6.45) is 0.500. The number of thioether (sulfide) groups is 1. The second-order valence-corrected chi connectivity index (χ2v) is 9.60. The largest absolute Gasteiger partial charge is 0.489 e. The molecule has 4 rings (SSSR count). The van der Waals surface area contributed by atoms with Crippen LogP contribution in [0.1, 0.15) is 27.9 Å². The van der Waals surface area contributed by atoms with Crippen LogP contribution in [0.3, 0.4) is 0 Å². The summed E-state index contributed by atoms with van der Waals surface area (Å²) >= 11 is 1.04. The van der Waals surface area contributed by atoms with Gasteiger partial charge in [0, 0.05) is 17.3 Å². The maximum Gasteiger partial charge on any atom is 0.286 e. The fourth-order valence-corrected chi connectivity index (χ4v) is 5.02. The summed E-state index contributed by atoms with van der Waals surface area (Å²) in [5.41, 5.74) is 7.25. The summed E-state index contributed by atoms with van der Waals surface area (Å²) in [6, 6.07) is 15.7.